The first-order valence-corrected chi connectivity index (χ1v) is 7.55. The molecule has 3 aromatic heterocycles. The van der Waals surface area contributed by atoms with E-state index in [9.17, 15) is 22.8 Å². The third kappa shape index (κ3) is 2.24. The number of H-pyrrole nitrogens is 1. The van der Waals surface area contributed by atoms with E-state index in [0.29, 0.717) is 5.65 Å². The molecule has 0 saturated heterocycles. The second kappa shape index (κ2) is 5.32. The number of nitrogens with one attached hydrogen (secondary N) is 1. The molecule has 0 amide bonds. The fraction of sp³-hybridized carbons (Fsp3) is 0.118. The quantitative estimate of drug-likeness (QED) is 0.567. The fourth-order valence-corrected chi connectivity index (χ4v) is 3.13. The molecule has 132 valence electrons. The summed E-state index contributed by atoms with van der Waals surface area (Å²) in [5.74, 6) is 0. The molecule has 6 nitrogen and oxygen atoms in total. The molecule has 0 saturated carbocycles. The number of nitrogens with zero attached hydrogens (tertiary/aromatic N) is 3. The molecular weight excluding hydrogens is 349 g/mol. The fourth-order valence-electron chi connectivity index (χ4n) is 3.13. The van der Waals surface area contributed by atoms with Crippen molar-refractivity contribution in [2.24, 2.45) is 7.05 Å². The summed E-state index contributed by atoms with van der Waals surface area (Å²) in [7, 11) is 1.55. The van der Waals surface area contributed by atoms with E-state index in [1.807, 2.05) is 0 Å². The van der Waals surface area contributed by atoms with Crippen LogP contribution >= 0.6 is 0 Å². The molecule has 9 heteroatoms. The highest BCUT2D eigenvalue weighted by molar-refractivity contribution is 5.89. The molecule has 0 atom stereocenters. The Kier molecular flexibility index (Phi) is 3.30. The van der Waals surface area contributed by atoms with Crippen molar-refractivity contribution in [1.29, 1.82) is 0 Å². The van der Waals surface area contributed by atoms with Crippen LogP contribution < -0.4 is 11.0 Å². The monoisotopic (exact) mass is 360 g/mol. The molecule has 26 heavy (non-hydrogen) atoms. The summed E-state index contributed by atoms with van der Waals surface area (Å²) in [6.07, 6.45) is -2.17. The molecule has 0 aliphatic rings. The molecular formula is C17H11F3N4O2. The van der Waals surface area contributed by atoms with Gasteiger partial charge in [0.2, 0.25) is 0 Å². The van der Waals surface area contributed by atoms with E-state index in [2.05, 4.69) is 10.1 Å². The van der Waals surface area contributed by atoms with Gasteiger partial charge in [-0.15, -0.1) is 0 Å². The van der Waals surface area contributed by atoms with Crippen LogP contribution in [-0.2, 0) is 13.2 Å². The lowest BCUT2D eigenvalue weighted by Crippen LogP contribution is -2.19. The predicted octanol–water partition coefficient (Wildman–Crippen LogP) is 2.56. The van der Waals surface area contributed by atoms with Crippen LogP contribution in [0.1, 0.15) is 5.56 Å². The molecule has 4 aromatic rings. The number of alkyl halides is 3. The standard InChI is InChI=1S/C17H11F3N4O2/c1-23-11(8-14(26)24-13(23)5-7-22-24)9-2-3-10-12(25)4-6-21-16(10)15(9)17(18,19)20/h2-8H,1H3,(H,21,25). The highest BCUT2D eigenvalue weighted by Gasteiger charge is 2.37. The number of aromatic nitrogens is 4. The van der Waals surface area contributed by atoms with E-state index in [4.69, 9.17) is 0 Å². The van der Waals surface area contributed by atoms with Crippen LogP contribution in [0.25, 0.3) is 27.8 Å². The first kappa shape index (κ1) is 16.1. The average molecular weight is 360 g/mol. The van der Waals surface area contributed by atoms with Gasteiger partial charge in [-0.25, -0.2) is 0 Å². The van der Waals surface area contributed by atoms with Crippen LogP contribution in [0.5, 0.6) is 0 Å². The second-order valence-electron chi connectivity index (χ2n) is 5.78. The molecule has 0 fully saturated rings. The largest absolute Gasteiger partial charge is 0.419 e. The molecule has 4 rings (SSSR count). The Morgan fingerprint density at radius 2 is 1.88 bits per heavy atom. The number of halogens is 3. The zero-order valence-electron chi connectivity index (χ0n) is 13.3. The zero-order valence-corrected chi connectivity index (χ0v) is 13.3. The highest BCUT2D eigenvalue weighted by Crippen LogP contribution is 2.40. The Balaban J connectivity index is 2.18. The third-order valence-electron chi connectivity index (χ3n) is 4.29. The Hall–Kier alpha value is -3.36. The second-order valence-corrected chi connectivity index (χ2v) is 5.78. The summed E-state index contributed by atoms with van der Waals surface area (Å²) in [4.78, 5) is 26.6. The maximum atomic E-state index is 13.9. The molecule has 0 radical (unpaired) electrons. The van der Waals surface area contributed by atoms with E-state index in [1.165, 1.54) is 35.2 Å². The van der Waals surface area contributed by atoms with Crippen LogP contribution in [0.15, 0.2) is 52.3 Å². The van der Waals surface area contributed by atoms with Gasteiger partial charge >= 0.3 is 6.18 Å². The molecule has 0 bridgehead atoms. The van der Waals surface area contributed by atoms with Gasteiger partial charge in [0.05, 0.1) is 23.0 Å². The lowest BCUT2D eigenvalue weighted by Gasteiger charge is -2.18. The minimum atomic E-state index is -4.73. The topological polar surface area (TPSA) is 72.2 Å². The number of pyridine rings is 1. The summed E-state index contributed by atoms with van der Waals surface area (Å²) in [6, 6.07) is 6.32. The van der Waals surface area contributed by atoms with Crippen molar-refractivity contribution < 1.29 is 13.2 Å². The van der Waals surface area contributed by atoms with Gasteiger partial charge in [0.15, 0.2) is 5.43 Å². The number of aromatic amines is 1. The van der Waals surface area contributed by atoms with Gasteiger partial charge in [-0.1, -0.05) is 6.07 Å². The summed E-state index contributed by atoms with van der Waals surface area (Å²) in [5.41, 5.74) is -2.15. The highest BCUT2D eigenvalue weighted by atomic mass is 19.4. The minimum absolute atomic E-state index is 0.0704. The van der Waals surface area contributed by atoms with Gasteiger partial charge in [-0.05, 0) is 6.07 Å². The maximum Gasteiger partial charge on any atom is 0.419 e. The zero-order chi connectivity index (χ0) is 18.6. The Labute approximate surface area is 143 Å². The number of benzene rings is 1. The summed E-state index contributed by atoms with van der Waals surface area (Å²) >= 11 is 0. The summed E-state index contributed by atoms with van der Waals surface area (Å²) < 4.78 is 44.1. The van der Waals surface area contributed by atoms with Gasteiger partial charge in [0, 0.05) is 42.4 Å². The molecule has 0 spiro atoms. The summed E-state index contributed by atoms with van der Waals surface area (Å²) in [5, 5.41) is 3.79. The number of aryl methyl sites for hydroxylation is 1. The number of rotatable bonds is 1. The van der Waals surface area contributed by atoms with Crippen molar-refractivity contribution in [3.05, 3.63) is 68.9 Å². The Morgan fingerprint density at radius 3 is 2.62 bits per heavy atom. The smallest absolute Gasteiger partial charge is 0.360 e. The molecule has 3 heterocycles. The number of hydrogen-bond donors (Lipinski definition) is 1. The summed E-state index contributed by atoms with van der Waals surface area (Å²) in [6.45, 7) is 0. The van der Waals surface area contributed by atoms with Gasteiger partial charge in [-0.2, -0.15) is 22.8 Å². The molecule has 1 N–H and O–H groups in total. The Bertz CT molecular complexity index is 1280. The average Bonchev–Trinajstić information content (AvgIpc) is 3.07. The predicted molar refractivity (Wildman–Crippen MR) is 89.0 cm³/mol. The van der Waals surface area contributed by atoms with Crippen LogP contribution in [-0.4, -0.2) is 19.2 Å². The van der Waals surface area contributed by atoms with Crippen LogP contribution in [0, 0.1) is 0 Å². The number of hydrogen-bond acceptors (Lipinski definition) is 3. The van der Waals surface area contributed by atoms with Gasteiger partial charge in [0.25, 0.3) is 5.56 Å². The van der Waals surface area contributed by atoms with Gasteiger partial charge < -0.3 is 9.55 Å². The van der Waals surface area contributed by atoms with Crippen LogP contribution in [0.2, 0.25) is 0 Å². The van der Waals surface area contributed by atoms with Gasteiger partial charge in [-0.3, -0.25) is 9.59 Å². The normalized spacial score (nSPS) is 12.2. The van der Waals surface area contributed by atoms with Crippen molar-refractivity contribution in [3.8, 4) is 11.3 Å². The van der Waals surface area contributed by atoms with Gasteiger partial charge in [0.1, 0.15) is 5.65 Å². The SMILES string of the molecule is Cn1c(-c2ccc3c(=O)cc[nH]c3c2C(F)(F)F)cc(=O)n2nccc12. The first-order valence-electron chi connectivity index (χ1n) is 7.55. The van der Waals surface area contributed by atoms with E-state index >= 15 is 0 Å². The Morgan fingerprint density at radius 1 is 1.12 bits per heavy atom. The van der Waals surface area contributed by atoms with Crippen molar-refractivity contribution in [2.45, 2.75) is 6.18 Å². The molecule has 1 aromatic carbocycles. The lowest BCUT2D eigenvalue weighted by molar-refractivity contribution is -0.135. The van der Waals surface area contributed by atoms with E-state index < -0.39 is 22.7 Å². The lowest BCUT2D eigenvalue weighted by atomic mass is 9.99. The van der Waals surface area contributed by atoms with Crippen LogP contribution in [0.3, 0.4) is 0 Å². The van der Waals surface area contributed by atoms with Crippen LogP contribution in [0.4, 0.5) is 13.2 Å². The maximum absolute atomic E-state index is 13.9. The van der Waals surface area contributed by atoms with E-state index in [1.54, 1.807) is 7.05 Å². The minimum Gasteiger partial charge on any atom is -0.360 e. The van der Waals surface area contributed by atoms with Crippen molar-refractivity contribution in [3.63, 3.8) is 0 Å². The number of fused-ring (bicyclic) bond motifs is 2. The van der Waals surface area contributed by atoms with Crippen molar-refractivity contribution >= 4 is 16.6 Å². The first-order chi connectivity index (χ1) is 12.3. The van der Waals surface area contributed by atoms with Crippen molar-refractivity contribution in [2.75, 3.05) is 0 Å². The van der Waals surface area contributed by atoms with Crippen molar-refractivity contribution in [1.82, 2.24) is 19.2 Å². The van der Waals surface area contributed by atoms with E-state index in [0.717, 1.165) is 16.6 Å². The third-order valence-corrected chi connectivity index (χ3v) is 4.29. The van der Waals surface area contributed by atoms with E-state index in [-0.39, 0.29) is 22.2 Å². The molecule has 0 aliphatic heterocycles. The molecule has 0 unspecified atom stereocenters. The molecule has 0 aliphatic carbocycles.